The summed E-state index contributed by atoms with van der Waals surface area (Å²) >= 11 is 5.89. The van der Waals surface area contributed by atoms with Crippen LogP contribution in [0.1, 0.15) is 12.5 Å². The van der Waals surface area contributed by atoms with Gasteiger partial charge in [0.25, 0.3) is 0 Å². The van der Waals surface area contributed by atoms with Crippen LogP contribution in [0.25, 0.3) is 0 Å². The number of amides is 2. The van der Waals surface area contributed by atoms with Crippen LogP contribution in [-0.2, 0) is 16.0 Å². The molecule has 1 unspecified atom stereocenters. The molecule has 2 amide bonds. The smallest absolute Gasteiger partial charge is 0.239 e. The summed E-state index contributed by atoms with van der Waals surface area (Å²) in [5, 5.41) is 5.88. The molecule has 1 aromatic carbocycles. The molecule has 0 saturated heterocycles. The third-order valence-electron chi connectivity index (χ3n) is 2.47. The summed E-state index contributed by atoms with van der Waals surface area (Å²) in [4.78, 5) is 22.4. The lowest BCUT2D eigenvalue weighted by atomic mass is 10.1. The Balaban J connectivity index is 2.36. The van der Waals surface area contributed by atoms with E-state index in [1.54, 1.807) is 6.07 Å². The molecule has 0 heterocycles. The maximum atomic E-state index is 11.5. The fourth-order valence-electron chi connectivity index (χ4n) is 1.65. The lowest BCUT2D eigenvalue weighted by molar-refractivity contribution is -0.125. The van der Waals surface area contributed by atoms with E-state index in [-0.39, 0.29) is 30.9 Å². The van der Waals surface area contributed by atoms with Crippen molar-refractivity contribution < 1.29 is 9.59 Å². The van der Waals surface area contributed by atoms with E-state index in [1.165, 1.54) is 0 Å². The van der Waals surface area contributed by atoms with Gasteiger partial charge in [-0.15, -0.1) is 0 Å². The van der Waals surface area contributed by atoms with Gasteiger partial charge in [0.05, 0.1) is 13.1 Å². The Hall–Kier alpha value is -1.59. The third-order valence-corrected chi connectivity index (χ3v) is 2.70. The highest BCUT2D eigenvalue weighted by Crippen LogP contribution is 2.12. The van der Waals surface area contributed by atoms with Crippen molar-refractivity contribution in [1.29, 1.82) is 0 Å². The first-order chi connectivity index (χ1) is 9.01. The second-order valence-electron chi connectivity index (χ2n) is 4.28. The first-order valence-corrected chi connectivity index (χ1v) is 6.39. The molecule has 104 valence electrons. The van der Waals surface area contributed by atoms with Gasteiger partial charge in [0.1, 0.15) is 0 Å². The molecular weight excluding hydrogens is 266 g/mol. The standard InChI is InChI=1S/C13H18ClN3O2/c1-9(5-10-3-2-4-11(14)6-10)17-13(19)8-16-12(18)7-15/h2-4,6,9H,5,7-8,15H2,1H3,(H,16,18)(H,17,19). The van der Waals surface area contributed by atoms with Crippen molar-refractivity contribution >= 4 is 23.4 Å². The molecule has 19 heavy (non-hydrogen) atoms. The molecular formula is C13H18ClN3O2. The minimum atomic E-state index is -0.349. The summed E-state index contributed by atoms with van der Waals surface area (Å²) in [5.41, 5.74) is 6.17. The lowest BCUT2D eigenvalue weighted by Crippen LogP contribution is -2.43. The Morgan fingerprint density at radius 2 is 2.11 bits per heavy atom. The Morgan fingerprint density at radius 3 is 2.74 bits per heavy atom. The number of nitrogens with one attached hydrogen (secondary N) is 2. The third kappa shape index (κ3) is 6.22. The second kappa shape index (κ2) is 7.76. The normalized spacial score (nSPS) is 11.7. The molecule has 1 rings (SSSR count). The van der Waals surface area contributed by atoms with Crippen LogP contribution in [0.5, 0.6) is 0 Å². The van der Waals surface area contributed by atoms with Gasteiger partial charge in [0.2, 0.25) is 11.8 Å². The van der Waals surface area contributed by atoms with Gasteiger partial charge in [0, 0.05) is 11.1 Å². The molecule has 1 aromatic rings. The summed E-state index contributed by atoms with van der Waals surface area (Å²) in [5.74, 6) is -0.589. The molecule has 0 fully saturated rings. The molecule has 0 aliphatic heterocycles. The number of rotatable bonds is 6. The topological polar surface area (TPSA) is 84.2 Å². The molecule has 0 saturated carbocycles. The van der Waals surface area contributed by atoms with Gasteiger partial charge < -0.3 is 16.4 Å². The van der Waals surface area contributed by atoms with Crippen LogP contribution in [0.2, 0.25) is 5.02 Å². The second-order valence-corrected chi connectivity index (χ2v) is 4.72. The van der Waals surface area contributed by atoms with Gasteiger partial charge in [-0.25, -0.2) is 0 Å². The van der Waals surface area contributed by atoms with Crippen LogP contribution < -0.4 is 16.4 Å². The summed E-state index contributed by atoms with van der Waals surface area (Å²) in [6.07, 6.45) is 0.678. The highest BCUT2D eigenvalue weighted by Gasteiger charge is 2.09. The number of carbonyl (C=O) groups excluding carboxylic acids is 2. The lowest BCUT2D eigenvalue weighted by Gasteiger charge is -2.14. The van der Waals surface area contributed by atoms with E-state index < -0.39 is 0 Å². The molecule has 0 radical (unpaired) electrons. The van der Waals surface area contributed by atoms with Crippen molar-refractivity contribution in [3.05, 3.63) is 34.9 Å². The molecule has 0 aromatic heterocycles. The number of halogens is 1. The van der Waals surface area contributed by atoms with Gasteiger partial charge >= 0.3 is 0 Å². The van der Waals surface area contributed by atoms with Gasteiger partial charge in [-0.1, -0.05) is 23.7 Å². The molecule has 0 spiro atoms. The largest absolute Gasteiger partial charge is 0.352 e. The predicted octanol–water partition coefficient (Wildman–Crippen LogP) is 0.462. The van der Waals surface area contributed by atoms with Gasteiger partial charge in [-0.05, 0) is 31.0 Å². The SMILES string of the molecule is CC(Cc1cccc(Cl)c1)NC(=O)CNC(=O)CN. The Kier molecular flexibility index (Phi) is 6.32. The van der Waals surface area contributed by atoms with Crippen molar-refractivity contribution in [3.8, 4) is 0 Å². The Morgan fingerprint density at radius 1 is 1.37 bits per heavy atom. The molecule has 0 aliphatic carbocycles. The van der Waals surface area contributed by atoms with Crippen LogP contribution in [-0.4, -0.2) is 30.9 Å². The highest BCUT2D eigenvalue weighted by atomic mass is 35.5. The van der Waals surface area contributed by atoms with Crippen LogP contribution >= 0.6 is 11.6 Å². The Bertz CT molecular complexity index is 451. The average Bonchev–Trinajstić information content (AvgIpc) is 2.35. The molecule has 6 heteroatoms. The van der Waals surface area contributed by atoms with E-state index in [2.05, 4.69) is 10.6 Å². The van der Waals surface area contributed by atoms with Crippen LogP contribution in [0.4, 0.5) is 0 Å². The fourth-order valence-corrected chi connectivity index (χ4v) is 1.86. The maximum absolute atomic E-state index is 11.5. The van der Waals surface area contributed by atoms with Crippen molar-refractivity contribution in [1.82, 2.24) is 10.6 Å². The first kappa shape index (κ1) is 15.5. The van der Waals surface area contributed by atoms with Crippen molar-refractivity contribution in [2.75, 3.05) is 13.1 Å². The summed E-state index contributed by atoms with van der Waals surface area (Å²) < 4.78 is 0. The van der Waals surface area contributed by atoms with E-state index in [9.17, 15) is 9.59 Å². The monoisotopic (exact) mass is 283 g/mol. The summed E-state index contributed by atoms with van der Waals surface area (Å²) in [6.45, 7) is 1.71. The highest BCUT2D eigenvalue weighted by molar-refractivity contribution is 6.30. The fraction of sp³-hybridized carbons (Fsp3) is 0.385. The molecule has 0 bridgehead atoms. The molecule has 0 aliphatic rings. The number of carbonyl (C=O) groups is 2. The predicted molar refractivity (Wildman–Crippen MR) is 74.8 cm³/mol. The molecule has 1 atom stereocenters. The van der Waals surface area contributed by atoms with Gasteiger partial charge in [0.15, 0.2) is 0 Å². The van der Waals surface area contributed by atoms with E-state index in [1.807, 2.05) is 25.1 Å². The van der Waals surface area contributed by atoms with Crippen molar-refractivity contribution in [2.45, 2.75) is 19.4 Å². The van der Waals surface area contributed by atoms with Gasteiger partial charge in [-0.3, -0.25) is 9.59 Å². The van der Waals surface area contributed by atoms with Crippen LogP contribution in [0.15, 0.2) is 24.3 Å². The Labute approximate surface area is 117 Å². The summed E-state index contributed by atoms with van der Waals surface area (Å²) in [6, 6.07) is 7.44. The average molecular weight is 284 g/mol. The quantitative estimate of drug-likeness (QED) is 0.709. The molecule has 5 nitrogen and oxygen atoms in total. The van der Waals surface area contributed by atoms with E-state index >= 15 is 0 Å². The van der Waals surface area contributed by atoms with Crippen LogP contribution in [0, 0.1) is 0 Å². The number of hydrogen-bond acceptors (Lipinski definition) is 3. The number of benzene rings is 1. The zero-order valence-electron chi connectivity index (χ0n) is 10.8. The number of hydrogen-bond donors (Lipinski definition) is 3. The molecule has 4 N–H and O–H groups in total. The first-order valence-electron chi connectivity index (χ1n) is 6.02. The van der Waals surface area contributed by atoms with Crippen molar-refractivity contribution in [2.24, 2.45) is 5.73 Å². The van der Waals surface area contributed by atoms with E-state index in [4.69, 9.17) is 17.3 Å². The number of nitrogens with two attached hydrogens (primary N) is 1. The van der Waals surface area contributed by atoms with E-state index in [0.29, 0.717) is 11.4 Å². The van der Waals surface area contributed by atoms with E-state index in [0.717, 1.165) is 5.56 Å². The van der Waals surface area contributed by atoms with Crippen molar-refractivity contribution in [3.63, 3.8) is 0 Å². The zero-order valence-corrected chi connectivity index (χ0v) is 11.5. The summed E-state index contributed by atoms with van der Waals surface area (Å²) in [7, 11) is 0. The van der Waals surface area contributed by atoms with Gasteiger partial charge in [-0.2, -0.15) is 0 Å². The minimum absolute atomic E-state index is 0.0410. The minimum Gasteiger partial charge on any atom is -0.352 e. The zero-order chi connectivity index (χ0) is 14.3. The maximum Gasteiger partial charge on any atom is 0.239 e. The van der Waals surface area contributed by atoms with Crippen LogP contribution in [0.3, 0.4) is 0 Å².